The van der Waals surface area contributed by atoms with Crippen molar-refractivity contribution in [2.75, 3.05) is 5.33 Å². The van der Waals surface area contributed by atoms with Crippen LogP contribution in [0.4, 0.5) is 0 Å². The highest BCUT2D eigenvalue weighted by molar-refractivity contribution is 9.09. The molecule has 2 nitrogen and oxygen atoms in total. The molecular weight excluding hydrogens is 205 g/mol. The summed E-state index contributed by atoms with van der Waals surface area (Å²) < 4.78 is 0. The van der Waals surface area contributed by atoms with Gasteiger partial charge in [-0.25, -0.2) is 0 Å². The maximum atomic E-state index is 10.5. The van der Waals surface area contributed by atoms with Gasteiger partial charge in [-0.05, 0) is 6.42 Å². The van der Waals surface area contributed by atoms with Crippen LogP contribution in [0.15, 0.2) is 0 Å². The lowest BCUT2D eigenvalue weighted by atomic mass is 10.3. The number of halogens is 2. The van der Waals surface area contributed by atoms with E-state index in [9.17, 15) is 4.79 Å². The van der Waals surface area contributed by atoms with Crippen molar-refractivity contribution in [3.63, 3.8) is 0 Å². The third kappa shape index (κ3) is 2.54. The molecule has 1 aliphatic heterocycles. The summed E-state index contributed by atoms with van der Waals surface area (Å²) in [7, 11) is 0. The zero-order valence-corrected chi connectivity index (χ0v) is 7.30. The van der Waals surface area contributed by atoms with Gasteiger partial charge in [-0.3, -0.25) is 4.79 Å². The standard InChI is InChI=1S/C5H8BrNO.ClH/c6-3-4-1-2-5(8)7-4;/h4H,1-3H2,(H,7,8);1H. The summed E-state index contributed by atoms with van der Waals surface area (Å²) in [4.78, 5) is 10.5. The number of rotatable bonds is 1. The van der Waals surface area contributed by atoms with E-state index in [1.54, 1.807) is 0 Å². The maximum absolute atomic E-state index is 10.5. The summed E-state index contributed by atoms with van der Waals surface area (Å²) >= 11 is 3.29. The second-order valence-corrected chi connectivity index (χ2v) is 2.60. The van der Waals surface area contributed by atoms with Gasteiger partial charge in [0.15, 0.2) is 0 Å². The van der Waals surface area contributed by atoms with E-state index in [1.807, 2.05) is 0 Å². The van der Waals surface area contributed by atoms with Crippen LogP contribution in [0.5, 0.6) is 0 Å². The first-order valence-electron chi connectivity index (χ1n) is 2.68. The highest BCUT2D eigenvalue weighted by Crippen LogP contribution is 2.07. The average molecular weight is 214 g/mol. The van der Waals surface area contributed by atoms with Crippen molar-refractivity contribution in [1.29, 1.82) is 0 Å². The predicted octanol–water partition coefficient (Wildman–Crippen LogP) is 1.08. The van der Waals surface area contributed by atoms with E-state index in [0.717, 1.165) is 11.8 Å². The molecule has 4 heteroatoms. The topological polar surface area (TPSA) is 29.1 Å². The summed E-state index contributed by atoms with van der Waals surface area (Å²) in [5, 5.41) is 3.71. The lowest BCUT2D eigenvalue weighted by molar-refractivity contribution is -0.119. The molecule has 0 bridgehead atoms. The van der Waals surface area contributed by atoms with Crippen LogP contribution < -0.4 is 5.32 Å². The second-order valence-electron chi connectivity index (χ2n) is 1.96. The quantitative estimate of drug-likeness (QED) is 0.651. The molecule has 0 saturated carbocycles. The second kappa shape index (κ2) is 4.12. The van der Waals surface area contributed by atoms with Crippen molar-refractivity contribution in [2.45, 2.75) is 18.9 Å². The highest BCUT2D eigenvalue weighted by Gasteiger charge is 2.18. The van der Waals surface area contributed by atoms with Gasteiger partial charge in [-0.2, -0.15) is 0 Å². The Hall–Kier alpha value is 0.240. The minimum atomic E-state index is 0. The number of carbonyl (C=O) groups is 1. The first-order valence-corrected chi connectivity index (χ1v) is 3.80. The molecule has 0 aromatic carbocycles. The third-order valence-electron chi connectivity index (χ3n) is 1.27. The van der Waals surface area contributed by atoms with E-state index in [1.165, 1.54) is 0 Å². The number of alkyl halides is 1. The molecule has 1 heterocycles. The molecule has 1 amide bonds. The lowest BCUT2D eigenvalue weighted by Crippen LogP contribution is -2.26. The van der Waals surface area contributed by atoms with Crippen LogP contribution in [0, 0.1) is 0 Å². The Bertz CT molecular complexity index is 109. The van der Waals surface area contributed by atoms with Gasteiger partial charge in [0.1, 0.15) is 0 Å². The fourth-order valence-electron chi connectivity index (χ4n) is 0.793. The van der Waals surface area contributed by atoms with E-state index in [-0.39, 0.29) is 18.3 Å². The smallest absolute Gasteiger partial charge is 0.220 e. The Kier molecular flexibility index (Phi) is 4.23. The monoisotopic (exact) mass is 213 g/mol. The first kappa shape index (κ1) is 9.24. The Labute approximate surface area is 68.9 Å². The van der Waals surface area contributed by atoms with Crippen molar-refractivity contribution in [3.05, 3.63) is 0 Å². The number of carbonyl (C=O) groups excluding carboxylic acids is 1. The highest BCUT2D eigenvalue weighted by atomic mass is 79.9. The number of hydrogen-bond acceptors (Lipinski definition) is 1. The molecule has 1 aliphatic rings. The minimum absolute atomic E-state index is 0. The summed E-state index contributed by atoms with van der Waals surface area (Å²) in [6.07, 6.45) is 1.69. The molecule has 9 heavy (non-hydrogen) atoms. The summed E-state index contributed by atoms with van der Waals surface area (Å²) in [5.41, 5.74) is 0. The van der Waals surface area contributed by atoms with Crippen LogP contribution in [0.25, 0.3) is 0 Å². The van der Waals surface area contributed by atoms with Crippen LogP contribution >= 0.6 is 28.3 Å². The van der Waals surface area contributed by atoms with Crippen LogP contribution in [-0.2, 0) is 4.79 Å². The minimum Gasteiger partial charge on any atom is -0.353 e. The third-order valence-corrected chi connectivity index (χ3v) is 2.05. The number of nitrogens with one attached hydrogen (secondary N) is 1. The number of amides is 1. The van der Waals surface area contributed by atoms with Gasteiger partial charge in [0.2, 0.25) is 5.91 Å². The molecule has 0 radical (unpaired) electrons. The van der Waals surface area contributed by atoms with Crippen molar-refractivity contribution < 1.29 is 4.79 Å². The molecule has 0 aromatic heterocycles. The van der Waals surface area contributed by atoms with Crippen LogP contribution in [0.3, 0.4) is 0 Å². The van der Waals surface area contributed by atoms with E-state index >= 15 is 0 Å². The normalized spacial score (nSPS) is 25.0. The van der Waals surface area contributed by atoms with Gasteiger partial charge in [-0.1, -0.05) is 15.9 Å². The zero-order valence-electron chi connectivity index (χ0n) is 4.89. The SMILES string of the molecule is Cl.O=C1CCC(CBr)N1. The van der Waals surface area contributed by atoms with Crippen LogP contribution in [0.2, 0.25) is 0 Å². The Balaban J connectivity index is 0.000000640. The lowest BCUT2D eigenvalue weighted by Gasteiger charge is -2.01. The number of hydrogen-bond donors (Lipinski definition) is 1. The van der Waals surface area contributed by atoms with Crippen molar-refractivity contribution in [2.24, 2.45) is 0 Å². The first-order chi connectivity index (χ1) is 3.83. The van der Waals surface area contributed by atoms with Crippen molar-refractivity contribution >= 4 is 34.2 Å². The molecular formula is C5H9BrClNO. The van der Waals surface area contributed by atoms with Gasteiger partial charge in [0.05, 0.1) is 0 Å². The molecule has 1 N–H and O–H groups in total. The molecule has 1 fully saturated rings. The van der Waals surface area contributed by atoms with E-state index in [0.29, 0.717) is 12.5 Å². The van der Waals surface area contributed by atoms with Crippen molar-refractivity contribution in [3.8, 4) is 0 Å². The molecule has 0 spiro atoms. The van der Waals surface area contributed by atoms with E-state index < -0.39 is 0 Å². The molecule has 1 atom stereocenters. The largest absolute Gasteiger partial charge is 0.353 e. The Morgan fingerprint density at radius 3 is 2.67 bits per heavy atom. The summed E-state index contributed by atoms with van der Waals surface area (Å²) in [6, 6.07) is 0.391. The van der Waals surface area contributed by atoms with Gasteiger partial charge < -0.3 is 5.32 Å². The predicted molar refractivity (Wildman–Crippen MR) is 42.2 cm³/mol. The summed E-state index contributed by atoms with van der Waals surface area (Å²) in [6.45, 7) is 0. The van der Waals surface area contributed by atoms with Crippen LogP contribution in [-0.4, -0.2) is 17.3 Å². The fourth-order valence-corrected chi connectivity index (χ4v) is 1.28. The van der Waals surface area contributed by atoms with E-state index in [4.69, 9.17) is 0 Å². The van der Waals surface area contributed by atoms with Crippen molar-refractivity contribution in [1.82, 2.24) is 5.32 Å². The summed E-state index contributed by atoms with van der Waals surface area (Å²) in [5.74, 6) is 0.189. The van der Waals surface area contributed by atoms with E-state index in [2.05, 4.69) is 21.2 Å². The molecule has 1 unspecified atom stereocenters. The zero-order chi connectivity index (χ0) is 5.98. The average Bonchev–Trinajstić information content (AvgIpc) is 2.14. The van der Waals surface area contributed by atoms with Gasteiger partial charge in [-0.15, -0.1) is 12.4 Å². The molecule has 0 aliphatic carbocycles. The Morgan fingerprint density at radius 2 is 2.44 bits per heavy atom. The van der Waals surface area contributed by atoms with Gasteiger partial charge in [0.25, 0.3) is 0 Å². The van der Waals surface area contributed by atoms with Crippen LogP contribution in [0.1, 0.15) is 12.8 Å². The Morgan fingerprint density at radius 1 is 1.78 bits per heavy atom. The molecule has 1 saturated heterocycles. The molecule has 0 aromatic rings. The molecule has 54 valence electrons. The maximum Gasteiger partial charge on any atom is 0.220 e. The molecule has 1 rings (SSSR count). The van der Waals surface area contributed by atoms with Gasteiger partial charge >= 0.3 is 0 Å². The fraction of sp³-hybridized carbons (Fsp3) is 0.800. The van der Waals surface area contributed by atoms with Gasteiger partial charge in [0, 0.05) is 17.8 Å².